The number of piperidine rings is 2. The van der Waals surface area contributed by atoms with Crippen LogP contribution < -0.4 is 16.0 Å². The van der Waals surface area contributed by atoms with Crippen LogP contribution in [0.4, 0.5) is 0 Å². The van der Waals surface area contributed by atoms with Gasteiger partial charge in [0.2, 0.25) is 0 Å². The molecule has 2 heterocycles. The number of nitrogens with zero attached hydrogens (tertiary/aromatic N) is 1. The third kappa shape index (κ3) is 6.90. The lowest BCUT2D eigenvalue weighted by Crippen LogP contribution is -2.69. The Labute approximate surface area is 187 Å². The fourth-order valence-electron chi connectivity index (χ4n) is 6.62. The van der Waals surface area contributed by atoms with Gasteiger partial charge in [-0.1, -0.05) is 26.7 Å². The third-order valence-electron chi connectivity index (χ3n) is 7.31. The van der Waals surface area contributed by atoms with Gasteiger partial charge < -0.3 is 21.2 Å². The molecule has 2 aliphatic heterocycles. The van der Waals surface area contributed by atoms with Crippen molar-refractivity contribution in [2.45, 2.75) is 147 Å². The topological polar surface area (TPSA) is 59.6 Å². The van der Waals surface area contributed by atoms with E-state index in [9.17, 15) is 5.21 Å². The van der Waals surface area contributed by atoms with Crippen molar-refractivity contribution in [2.75, 3.05) is 13.1 Å². The lowest BCUT2D eigenvalue weighted by atomic mass is 9.68. The summed E-state index contributed by atoms with van der Waals surface area (Å²) in [6.45, 7) is 20.4. The van der Waals surface area contributed by atoms with E-state index in [4.69, 9.17) is 0 Å². The van der Waals surface area contributed by atoms with Crippen LogP contribution in [0.25, 0.3) is 0 Å². The maximum Gasteiger partial charge on any atom is 0.0470 e. The highest BCUT2D eigenvalue weighted by Crippen LogP contribution is 2.44. The number of hydrogen-bond acceptors (Lipinski definition) is 5. The Morgan fingerprint density at radius 2 is 1.37 bits per heavy atom. The molecule has 0 aromatic heterocycles. The molecule has 4 unspecified atom stereocenters. The van der Waals surface area contributed by atoms with Crippen molar-refractivity contribution in [3.63, 3.8) is 0 Å². The molecule has 4 N–H and O–H groups in total. The van der Waals surface area contributed by atoms with Crippen LogP contribution in [0.15, 0.2) is 0 Å². The molecule has 30 heavy (non-hydrogen) atoms. The van der Waals surface area contributed by atoms with Gasteiger partial charge in [-0.05, 0) is 99.6 Å². The fourth-order valence-corrected chi connectivity index (χ4v) is 6.62. The van der Waals surface area contributed by atoms with Gasteiger partial charge in [-0.3, -0.25) is 0 Å². The van der Waals surface area contributed by atoms with E-state index in [1.54, 1.807) is 5.06 Å². The molecule has 0 aliphatic carbocycles. The molecule has 0 aromatic carbocycles. The molecule has 0 aromatic rings. The van der Waals surface area contributed by atoms with E-state index in [2.05, 4.69) is 71.3 Å². The minimum Gasteiger partial charge on any atom is -0.314 e. The maximum absolute atomic E-state index is 11.3. The van der Waals surface area contributed by atoms with E-state index in [1.807, 2.05) is 0 Å². The van der Waals surface area contributed by atoms with Crippen LogP contribution in [-0.4, -0.2) is 57.6 Å². The molecule has 2 aliphatic rings. The van der Waals surface area contributed by atoms with Crippen molar-refractivity contribution in [3.8, 4) is 0 Å². The van der Waals surface area contributed by atoms with Crippen LogP contribution in [0.5, 0.6) is 0 Å². The van der Waals surface area contributed by atoms with Gasteiger partial charge in [-0.2, -0.15) is 5.06 Å². The lowest BCUT2D eigenvalue weighted by molar-refractivity contribution is -0.258. The summed E-state index contributed by atoms with van der Waals surface area (Å²) in [5.41, 5.74) is -0.399. The third-order valence-corrected chi connectivity index (χ3v) is 7.31. The molecule has 178 valence electrons. The Balaban J connectivity index is 2.15. The summed E-state index contributed by atoms with van der Waals surface area (Å²) >= 11 is 0. The van der Waals surface area contributed by atoms with E-state index in [0.29, 0.717) is 12.1 Å². The van der Waals surface area contributed by atoms with Crippen LogP contribution in [-0.2, 0) is 0 Å². The predicted octanol–water partition coefficient (Wildman–Crippen LogP) is 4.84. The SMILES string of the molecule is CCCCNC1CC(C)(C)NC(C)(CC2(C)CC(NCCCC)CC(C)(C)N2O)C1. The van der Waals surface area contributed by atoms with Crippen molar-refractivity contribution in [2.24, 2.45) is 0 Å². The summed E-state index contributed by atoms with van der Waals surface area (Å²) in [4.78, 5) is 0. The first-order valence-corrected chi connectivity index (χ1v) is 12.6. The summed E-state index contributed by atoms with van der Waals surface area (Å²) in [7, 11) is 0. The van der Waals surface area contributed by atoms with Crippen molar-refractivity contribution in [1.82, 2.24) is 21.0 Å². The molecule has 0 amide bonds. The molecular weight excluding hydrogens is 372 g/mol. The Bertz CT molecular complexity index is 537. The molecule has 2 fully saturated rings. The van der Waals surface area contributed by atoms with Crippen LogP contribution in [0.2, 0.25) is 0 Å². The molecule has 4 atom stereocenters. The summed E-state index contributed by atoms with van der Waals surface area (Å²) in [5, 5.41) is 24.6. The summed E-state index contributed by atoms with van der Waals surface area (Å²) in [6, 6.07) is 0.988. The zero-order chi connectivity index (χ0) is 22.6. The number of unbranched alkanes of at least 4 members (excludes halogenated alkanes) is 2. The van der Waals surface area contributed by atoms with Crippen molar-refractivity contribution in [3.05, 3.63) is 0 Å². The molecule has 0 bridgehead atoms. The monoisotopic (exact) mass is 424 g/mol. The second-order valence-electron chi connectivity index (χ2n) is 12.2. The van der Waals surface area contributed by atoms with Crippen molar-refractivity contribution < 1.29 is 5.21 Å². The van der Waals surface area contributed by atoms with E-state index in [-0.39, 0.29) is 22.2 Å². The first-order valence-electron chi connectivity index (χ1n) is 12.6. The highest BCUT2D eigenvalue weighted by Gasteiger charge is 2.52. The van der Waals surface area contributed by atoms with Crippen LogP contribution >= 0.6 is 0 Å². The van der Waals surface area contributed by atoms with E-state index in [0.717, 1.165) is 45.2 Å². The summed E-state index contributed by atoms with van der Waals surface area (Å²) in [6.07, 6.45) is 10.1. The summed E-state index contributed by atoms with van der Waals surface area (Å²) in [5.74, 6) is 0. The highest BCUT2D eigenvalue weighted by atomic mass is 16.5. The summed E-state index contributed by atoms with van der Waals surface area (Å²) < 4.78 is 0. The van der Waals surface area contributed by atoms with E-state index in [1.165, 1.54) is 25.7 Å². The second-order valence-corrected chi connectivity index (χ2v) is 12.2. The molecule has 0 radical (unpaired) electrons. The largest absolute Gasteiger partial charge is 0.314 e. The standard InChI is InChI=1S/C25H52N4O/c1-9-11-13-26-20-15-22(3,4)28-24(7,17-20)19-25(8)18-21(27-14-12-10-2)16-23(5,6)29(25)30/h20-21,26-28,30H,9-19H2,1-8H3. The first-order chi connectivity index (χ1) is 13.8. The predicted molar refractivity (Wildman–Crippen MR) is 128 cm³/mol. The van der Waals surface area contributed by atoms with Crippen LogP contribution in [0, 0.1) is 0 Å². The molecule has 5 nitrogen and oxygen atoms in total. The van der Waals surface area contributed by atoms with E-state index >= 15 is 0 Å². The van der Waals surface area contributed by atoms with Crippen LogP contribution in [0.3, 0.4) is 0 Å². The average molecular weight is 425 g/mol. The molecule has 0 spiro atoms. The zero-order valence-corrected chi connectivity index (χ0v) is 21.3. The number of rotatable bonds is 10. The van der Waals surface area contributed by atoms with Gasteiger partial charge in [0, 0.05) is 34.2 Å². The lowest BCUT2D eigenvalue weighted by Gasteiger charge is -2.58. The maximum atomic E-state index is 11.3. The Morgan fingerprint density at radius 3 is 1.90 bits per heavy atom. The molecule has 2 rings (SSSR count). The Morgan fingerprint density at radius 1 is 0.833 bits per heavy atom. The highest BCUT2D eigenvalue weighted by molar-refractivity contribution is 5.09. The smallest absolute Gasteiger partial charge is 0.0470 e. The average Bonchev–Trinajstić information content (AvgIpc) is 2.57. The van der Waals surface area contributed by atoms with Gasteiger partial charge in [0.25, 0.3) is 0 Å². The Kier molecular flexibility index (Phi) is 8.83. The quantitative estimate of drug-likeness (QED) is 0.378. The van der Waals surface area contributed by atoms with Gasteiger partial charge in [0.1, 0.15) is 0 Å². The van der Waals surface area contributed by atoms with Gasteiger partial charge in [0.05, 0.1) is 0 Å². The van der Waals surface area contributed by atoms with Crippen molar-refractivity contribution >= 4 is 0 Å². The molecule has 5 heteroatoms. The van der Waals surface area contributed by atoms with Gasteiger partial charge in [-0.15, -0.1) is 0 Å². The molecule has 0 saturated carbocycles. The van der Waals surface area contributed by atoms with Gasteiger partial charge >= 0.3 is 0 Å². The normalized spacial score (nSPS) is 36.7. The zero-order valence-electron chi connectivity index (χ0n) is 21.3. The Hall–Kier alpha value is -0.200. The number of hydrogen-bond donors (Lipinski definition) is 4. The van der Waals surface area contributed by atoms with Crippen LogP contribution in [0.1, 0.15) is 113 Å². The minimum atomic E-state index is -0.255. The minimum absolute atomic E-state index is 0.0112. The molecule has 2 saturated heterocycles. The van der Waals surface area contributed by atoms with Crippen molar-refractivity contribution in [1.29, 1.82) is 0 Å². The number of hydroxylamine groups is 2. The fraction of sp³-hybridized carbons (Fsp3) is 1.00. The second kappa shape index (κ2) is 10.2. The van der Waals surface area contributed by atoms with Gasteiger partial charge in [0.15, 0.2) is 0 Å². The first kappa shape index (κ1) is 26.1. The van der Waals surface area contributed by atoms with Gasteiger partial charge in [-0.25, -0.2) is 0 Å². The molecular formula is C25H52N4O. The number of nitrogens with one attached hydrogen (secondary N) is 3. The van der Waals surface area contributed by atoms with E-state index < -0.39 is 0 Å².